The number of carboxylic acid groups (broad SMARTS) is 1. The van der Waals surface area contributed by atoms with Crippen molar-refractivity contribution in [2.75, 3.05) is 33.2 Å². The molecule has 2 aliphatic heterocycles. The Morgan fingerprint density at radius 3 is 2.55 bits per heavy atom. The summed E-state index contributed by atoms with van der Waals surface area (Å²) in [6.45, 7) is 2.73. The van der Waals surface area contributed by atoms with E-state index in [1.165, 1.54) is 4.90 Å². The van der Waals surface area contributed by atoms with E-state index in [-0.39, 0.29) is 19.0 Å². The normalized spacial score (nSPS) is 28.6. The molecule has 0 saturated carbocycles. The Morgan fingerprint density at radius 2 is 1.95 bits per heavy atom. The highest BCUT2D eigenvalue weighted by molar-refractivity contribution is 5.83. The van der Waals surface area contributed by atoms with Crippen molar-refractivity contribution in [1.29, 1.82) is 0 Å². The maximum Gasteiger partial charge on any atom is 0.326 e. The van der Waals surface area contributed by atoms with Crippen LogP contribution in [0, 0.1) is 5.92 Å². The largest absolute Gasteiger partial charge is 0.480 e. The molecular weight excluding hydrogens is 262 g/mol. The van der Waals surface area contributed by atoms with Gasteiger partial charge in [-0.25, -0.2) is 9.59 Å². The Kier molecular flexibility index (Phi) is 4.82. The van der Waals surface area contributed by atoms with Crippen molar-refractivity contribution in [2.24, 2.45) is 5.92 Å². The van der Waals surface area contributed by atoms with Crippen LogP contribution in [0.25, 0.3) is 0 Å². The molecule has 2 saturated heterocycles. The average molecular weight is 285 g/mol. The average Bonchev–Trinajstić information content (AvgIpc) is 2.80. The van der Waals surface area contributed by atoms with Crippen LogP contribution >= 0.6 is 0 Å². The summed E-state index contributed by atoms with van der Waals surface area (Å²) in [6.07, 6.45) is 1.45. The van der Waals surface area contributed by atoms with Gasteiger partial charge in [0.25, 0.3) is 0 Å². The zero-order valence-corrected chi connectivity index (χ0v) is 11.8. The minimum absolute atomic E-state index is 0.0935. The maximum atomic E-state index is 12.0. The zero-order valence-electron chi connectivity index (χ0n) is 11.8. The van der Waals surface area contributed by atoms with Crippen LogP contribution in [-0.4, -0.2) is 77.4 Å². The molecule has 0 aromatic heterocycles. The topological polar surface area (TPSA) is 93.1 Å². The van der Waals surface area contributed by atoms with Crippen LogP contribution in [0.5, 0.6) is 0 Å². The lowest BCUT2D eigenvalue weighted by atomic mass is 9.97. The van der Waals surface area contributed by atoms with Gasteiger partial charge in [-0.3, -0.25) is 0 Å². The van der Waals surface area contributed by atoms with Crippen LogP contribution in [-0.2, 0) is 4.79 Å². The third-order valence-electron chi connectivity index (χ3n) is 4.21. The molecule has 2 fully saturated rings. The number of aliphatic hydroxyl groups excluding tert-OH is 1. The number of rotatable bonds is 3. The molecule has 114 valence electrons. The molecule has 0 spiro atoms. The molecule has 7 heteroatoms. The second kappa shape index (κ2) is 6.41. The van der Waals surface area contributed by atoms with E-state index in [2.05, 4.69) is 17.3 Å². The third-order valence-corrected chi connectivity index (χ3v) is 4.21. The summed E-state index contributed by atoms with van der Waals surface area (Å²) < 4.78 is 0. The Labute approximate surface area is 118 Å². The summed E-state index contributed by atoms with van der Waals surface area (Å²) in [4.78, 5) is 26.6. The monoisotopic (exact) mass is 285 g/mol. The molecule has 20 heavy (non-hydrogen) atoms. The summed E-state index contributed by atoms with van der Waals surface area (Å²) in [6, 6.07) is -1.30. The van der Waals surface area contributed by atoms with Crippen LogP contribution in [0.2, 0.25) is 0 Å². The lowest BCUT2D eigenvalue weighted by molar-refractivity contribution is -0.141. The minimum atomic E-state index is -1.06. The molecule has 2 rings (SSSR count). The van der Waals surface area contributed by atoms with E-state index in [9.17, 15) is 14.7 Å². The van der Waals surface area contributed by atoms with Gasteiger partial charge in [0, 0.05) is 19.5 Å². The van der Waals surface area contributed by atoms with E-state index >= 15 is 0 Å². The molecule has 2 aliphatic rings. The van der Waals surface area contributed by atoms with Gasteiger partial charge in [0.1, 0.15) is 6.04 Å². The van der Waals surface area contributed by atoms with Gasteiger partial charge in [-0.1, -0.05) is 0 Å². The first-order valence-electron chi connectivity index (χ1n) is 7.11. The first-order valence-corrected chi connectivity index (χ1v) is 7.11. The molecule has 2 unspecified atom stereocenters. The van der Waals surface area contributed by atoms with Gasteiger partial charge in [0.2, 0.25) is 0 Å². The quantitative estimate of drug-likeness (QED) is 0.653. The SMILES string of the molecule is CN1CCC(CNC(=O)N2CC(O)CC2C(=O)O)CC1. The third kappa shape index (κ3) is 3.61. The molecule has 2 heterocycles. The van der Waals surface area contributed by atoms with Crippen LogP contribution in [0.1, 0.15) is 19.3 Å². The Bertz CT molecular complexity index is 369. The first kappa shape index (κ1) is 15.1. The Hall–Kier alpha value is -1.34. The van der Waals surface area contributed by atoms with E-state index in [0.29, 0.717) is 12.5 Å². The number of carbonyl (C=O) groups is 2. The number of carboxylic acids is 1. The zero-order chi connectivity index (χ0) is 14.7. The van der Waals surface area contributed by atoms with Gasteiger partial charge in [-0.05, 0) is 38.9 Å². The Morgan fingerprint density at radius 1 is 1.30 bits per heavy atom. The second-order valence-corrected chi connectivity index (χ2v) is 5.83. The number of likely N-dealkylation sites (tertiary alicyclic amines) is 2. The number of β-amino-alcohol motifs (C(OH)–C–C–N with tert-alkyl or cyclic N) is 1. The predicted molar refractivity (Wildman–Crippen MR) is 72.4 cm³/mol. The number of aliphatic hydroxyl groups is 1. The van der Waals surface area contributed by atoms with E-state index < -0.39 is 18.1 Å². The number of urea groups is 1. The van der Waals surface area contributed by atoms with E-state index in [0.717, 1.165) is 25.9 Å². The lowest BCUT2D eigenvalue weighted by Crippen LogP contribution is -2.48. The number of hydrogen-bond donors (Lipinski definition) is 3. The highest BCUT2D eigenvalue weighted by Gasteiger charge is 2.39. The van der Waals surface area contributed by atoms with Crippen LogP contribution in [0.15, 0.2) is 0 Å². The van der Waals surface area contributed by atoms with Gasteiger partial charge in [-0.2, -0.15) is 0 Å². The number of carbonyl (C=O) groups excluding carboxylic acids is 1. The van der Waals surface area contributed by atoms with Gasteiger partial charge in [0.15, 0.2) is 0 Å². The smallest absolute Gasteiger partial charge is 0.326 e. The number of hydrogen-bond acceptors (Lipinski definition) is 4. The predicted octanol–water partition coefficient (Wildman–Crippen LogP) is -0.442. The highest BCUT2D eigenvalue weighted by atomic mass is 16.4. The first-order chi connectivity index (χ1) is 9.47. The fourth-order valence-corrected chi connectivity index (χ4v) is 2.87. The second-order valence-electron chi connectivity index (χ2n) is 5.83. The van der Waals surface area contributed by atoms with E-state index in [4.69, 9.17) is 5.11 Å². The number of nitrogens with zero attached hydrogens (tertiary/aromatic N) is 2. The summed E-state index contributed by atoms with van der Waals surface area (Å²) in [7, 11) is 2.08. The summed E-state index contributed by atoms with van der Waals surface area (Å²) in [5.74, 6) is -0.609. The minimum Gasteiger partial charge on any atom is -0.480 e. The van der Waals surface area contributed by atoms with Crippen molar-refractivity contribution in [3.05, 3.63) is 0 Å². The summed E-state index contributed by atoms with van der Waals surface area (Å²) >= 11 is 0. The number of aliphatic carboxylic acids is 1. The fourth-order valence-electron chi connectivity index (χ4n) is 2.87. The standard InChI is InChI=1S/C13H23N3O4/c1-15-4-2-9(3-5-15)7-14-13(20)16-8-10(17)6-11(16)12(18)19/h9-11,17H,2-8H2,1H3,(H,14,20)(H,18,19). The molecule has 0 radical (unpaired) electrons. The van der Waals surface area contributed by atoms with E-state index in [1.54, 1.807) is 0 Å². The van der Waals surface area contributed by atoms with Gasteiger partial charge >= 0.3 is 12.0 Å². The molecule has 0 bridgehead atoms. The molecule has 2 amide bonds. The van der Waals surface area contributed by atoms with Crippen LogP contribution in [0.4, 0.5) is 4.79 Å². The van der Waals surface area contributed by atoms with Gasteiger partial charge in [-0.15, -0.1) is 0 Å². The molecule has 3 N–H and O–H groups in total. The van der Waals surface area contributed by atoms with Gasteiger partial charge in [0.05, 0.1) is 6.10 Å². The van der Waals surface area contributed by atoms with Gasteiger partial charge < -0.3 is 25.3 Å². The number of amides is 2. The van der Waals surface area contributed by atoms with Crippen molar-refractivity contribution >= 4 is 12.0 Å². The highest BCUT2D eigenvalue weighted by Crippen LogP contribution is 2.19. The fraction of sp³-hybridized carbons (Fsp3) is 0.846. The molecule has 7 nitrogen and oxygen atoms in total. The van der Waals surface area contributed by atoms with Crippen LogP contribution < -0.4 is 5.32 Å². The number of piperidine rings is 1. The molecule has 0 aromatic rings. The van der Waals surface area contributed by atoms with Crippen molar-refractivity contribution < 1.29 is 19.8 Å². The molecule has 2 atom stereocenters. The van der Waals surface area contributed by atoms with Crippen molar-refractivity contribution in [2.45, 2.75) is 31.4 Å². The van der Waals surface area contributed by atoms with Crippen molar-refractivity contribution in [3.63, 3.8) is 0 Å². The van der Waals surface area contributed by atoms with Crippen molar-refractivity contribution in [3.8, 4) is 0 Å². The molecule has 0 aliphatic carbocycles. The summed E-state index contributed by atoms with van der Waals surface area (Å²) in [5.41, 5.74) is 0. The van der Waals surface area contributed by atoms with Crippen molar-refractivity contribution in [1.82, 2.24) is 15.1 Å². The Balaban J connectivity index is 1.80. The summed E-state index contributed by atoms with van der Waals surface area (Å²) in [5, 5.41) is 21.4. The van der Waals surface area contributed by atoms with Crippen LogP contribution in [0.3, 0.4) is 0 Å². The molecular formula is C13H23N3O4. The lowest BCUT2D eigenvalue weighted by Gasteiger charge is -2.30. The maximum absolute atomic E-state index is 12.0. The van der Waals surface area contributed by atoms with E-state index in [1.807, 2.05) is 0 Å². The molecule has 0 aromatic carbocycles. The number of nitrogens with one attached hydrogen (secondary N) is 1.